The summed E-state index contributed by atoms with van der Waals surface area (Å²) in [6.45, 7) is 1.66. The number of carbonyl (C=O) groups is 2. The van der Waals surface area contributed by atoms with Gasteiger partial charge in [-0.3, -0.25) is 9.59 Å². The highest BCUT2D eigenvalue weighted by Crippen LogP contribution is 2.22. The molecule has 110 valence electrons. The van der Waals surface area contributed by atoms with Crippen LogP contribution in [0.3, 0.4) is 0 Å². The van der Waals surface area contributed by atoms with Crippen LogP contribution in [0.4, 0.5) is 4.39 Å². The van der Waals surface area contributed by atoms with Crippen LogP contribution in [0.1, 0.15) is 17.5 Å². The minimum Gasteiger partial charge on any atom is -0.481 e. The van der Waals surface area contributed by atoms with Crippen LogP contribution in [0.2, 0.25) is 0 Å². The number of thioether (sulfide) groups is 1. The molecule has 1 atom stereocenters. The van der Waals surface area contributed by atoms with E-state index in [-0.39, 0.29) is 17.4 Å². The third-order valence-corrected chi connectivity index (χ3v) is 3.76. The highest BCUT2D eigenvalue weighted by atomic mass is 32.2. The van der Waals surface area contributed by atoms with Crippen molar-refractivity contribution >= 4 is 35.0 Å². The zero-order valence-corrected chi connectivity index (χ0v) is 11.9. The van der Waals surface area contributed by atoms with E-state index in [1.807, 2.05) is 0 Å². The Morgan fingerprint density at radius 1 is 1.57 bits per heavy atom. The number of carboxylic acids is 1. The molecule has 2 rings (SSSR count). The summed E-state index contributed by atoms with van der Waals surface area (Å²) in [6.07, 6.45) is 1.08. The molecule has 0 saturated carbocycles. The van der Waals surface area contributed by atoms with E-state index in [1.54, 1.807) is 19.1 Å². The van der Waals surface area contributed by atoms with Gasteiger partial charge in [-0.2, -0.15) is 5.10 Å². The Morgan fingerprint density at radius 3 is 3.00 bits per heavy atom. The number of hydrogen-bond donors (Lipinski definition) is 2. The predicted molar refractivity (Wildman–Crippen MR) is 77.9 cm³/mol. The van der Waals surface area contributed by atoms with Crippen molar-refractivity contribution in [1.29, 1.82) is 0 Å². The summed E-state index contributed by atoms with van der Waals surface area (Å²) in [5, 5.41) is 18.2. The van der Waals surface area contributed by atoms with Crippen LogP contribution >= 0.6 is 11.8 Å². The number of amidine groups is 1. The number of hydrogen-bond acceptors (Lipinski definition) is 5. The van der Waals surface area contributed by atoms with E-state index in [0.29, 0.717) is 11.1 Å². The highest BCUT2D eigenvalue weighted by Gasteiger charge is 2.32. The fourth-order valence-corrected chi connectivity index (χ4v) is 2.50. The lowest BCUT2D eigenvalue weighted by atomic mass is 10.1. The van der Waals surface area contributed by atoms with Crippen molar-refractivity contribution in [3.63, 3.8) is 0 Å². The standard InChI is InChI=1S/C13H12FN3O3S/c1-7-2-3-8(4-9(7)14)6-15-17-13-16-12(20)10(21-13)5-11(18)19/h2-4,6,10H,5H2,1H3,(H,18,19)(H,16,17,20). The summed E-state index contributed by atoms with van der Waals surface area (Å²) in [6, 6.07) is 4.64. The summed E-state index contributed by atoms with van der Waals surface area (Å²) in [5.74, 6) is -1.79. The molecule has 0 aliphatic carbocycles. The second-order valence-corrected chi connectivity index (χ2v) is 5.54. The van der Waals surface area contributed by atoms with Crippen molar-refractivity contribution in [3.8, 4) is 0 Å². The quantitative estimate of drug-likeness (QED) is 0.652. The van der Waals surface area contributed by atoms with Gasteiger partial charge in [0.05, 0.1) is 12.6 Å². The zero-order valence-electron chi connectivity index (χ0n) is 11.0. The maximum Gasteiger partial charge on any atom is 0.305 e. The van der Waals surface area contributed by atoms with E-state index >= 15 is 0 Å². The maximum absolute atomic E-state index is 13.3. The van der Waals surface area contributed by atoms with Crippen LogP contribution in [-0.2, 0) is 9.59 Å². The molecule has 1 aromatic carbocycles. The Bertz CT molecular complexity index is 646. The molecule has 8 heteroatoms. The molecule has 2 N–H and O–H groups in total. The number of aryl methyl sites for hydroxylation is 1. The Hall–Kier alpha value is -2.22. The van der Waals surface area contributed by atoms with E-state index in [0.717, 1.165) is 11.8 Å². The average Bonchev–Trinajstić information content (AvgIpc) is 2.73. The minimum absolute atomic E-state index is 0.232. The van der Waals surface area contributed by atoms with Gasteiger partial charge in [0.2, 0.25) is 5.91 Å². The average molecular weight is 309 g/mol. The Kier molecular flexibility index (Phi) is 4.69. The van der Waals surface area contributed by atoms with Crippen LogP contribution in [-0.4, -0.2) is 33.6 Å². The van der Waals surface area contributed by atoms with Gasteiger partial charge in [0.25, 0.3) is 0 Å². The topological polar surface area (TPSA) is 91.1 Å². The third-order valence-electron chi connectivity index (χ3n) is 2.69. The smallest absolute Gasteiger partial charge is 0.305 e. The number of rotatable bonds is 4. The van der Waals surface area contributed by atoms with Crippen molar-refractivity contribution < 1.29 is 19.1 Å². The first-order valence-electron chi connectivity index (χ1n) is 6.02. The molecule has 1 aliphatic heterocycles. The molecular weight excluding hydrogens is 297 g/mol. The van der Waals surface area contributed by atoms with E-state index in [4.69, 9.17) is 5.11 Å². The molecule has 1 unspecified atom stereocenters. The van der Waals surface area contributed by atoms with Gasteiger partial charge in [-0.05, 0) is 24.1 Å². The molecule has 1 amide bonds. The number of nitrogens with one attached hydrogen (secondary N) is 1. The number of carboxylic acid groups (broad SMARTS) is 1. The zero-order chi connectivity index (χ0) is 15.4. The SMILES string of the molecule is Cc1ccc(C=NN=C2NC(=O)C(CC(=O)O)S2)cc1F. The van der Waals surface area contributed by atoms with Crippen LogP contribution in [0.25, 0.3) is 0 Å². The van der Waals surface area contributed by atoms with Crippen LogP contribution in [0.15, 0.2) is 28.4 Å². The van der Waals surface area contributed by atoms with Crippen LogP contribution < -0.4 is 5.32 Å². The molecule has 1 fully saturated rings. The van der Waals surface area contributed by atoms with E-state index < -0.39 is 17.1 Å². The number of benzene rings is 1. The molecule has 1 saturated heterocycles. The van der Waals surface area contributed by atoms with E-state index in [2.05, 4.69) is 15.5 Å². The summed E-state index contributed by atoms with van der Waals surface area (Å²) in [5.41, 5.74) is 1.08. The van der Waals surface area contributed by atoms with Crippen LogP contribution in [0, 0.1) is 12.7 Å². The number of halogens is 1. The van der Waals surface area contributed by atoms with Gasteiger partial charge in [-0.25, -0.2) is 4.39 Å². The van der Waals surface area contributed by atoms with Gasteiger partial charge in [0.15, 0.2) is 5.17 Å². The molecule has 1 aromatic rings. The summed E-state index contributed by atoms with van der Waals surface area (Å²) in [7, 11) is 0. The third kappa shape index (κ3) is 4.12. The number of amides is 1. The fraction of sp³-hybridized carbons (Fsp3) is 0.231. The summed E-state index contributed by atoms with van der Waals surface area (Å²) >= 11 is 1.01. The lowest BCUT2D eigenvalue weighted by molar-refractivity contribution is -0.138. The molecule has 0 spiro atoms. The van der Waals surface area contributed by atoms with Crippen molar-refractivity contribution in [2.45, 2.75) is 18.6 Å². The van der Waals surface area contributed by atoms with Gasteiger partial charge in [-0.1, -0.05) is 23.9 Å². The van der Waals surface area contributed by atoms with Gasteiger partial charge >= 0.3 is 5.97 Å². The summed E-state index contributed by atoms with van der Waals surface area (Å²) in [4.78, 5) is 22.0. The first-order chi connectivity index (χ1) is 9.95. The molecule has 21 heavy (non-hydrogen) atoms. The Labute approximate surface area is 124 Å². The Balaban J connectivity index is 2.01. The first-order valence-corrected chi connectivity index (χ1v) is 6.90. The second kappa shape index (κ2) is 6.49. The maximum atomic E-state index is 13.3. The lowest BCUT2D eigenvalue weighted by Gasteiger charge is -1.98. The van der Waals surface area contributed by atoms with Crippen molar-refractivity contribution in [3.05, 3.63) is 35.1 Å². The predicted octanol–water partition coefficient (Wildman–Crippen LogP) is 1.53. The number of aliphatic carboxylic acids is 1. The van der Waals surface area contributed by atoms with E-state index in [9.17, 15) is 14.0 Å². The molecule has 0 radical (unpaired) electrons. The molecule has 1 heterocycles. The largest absolute Gasteiger partial charge is 0.481 e. The monoisotopic (exact) mass is 309 g/mol. The van der Waals surface area contributed by atoms with Gasteiger partial charge < -0.3 is 10.4 Å². The second-order valence-electron chi connectivity index (χ2n) is 4.35. The van der Waals surface area contributed by atoms with Gasteiger partial charge in [-0.15, -0.1) is 5.10 Å². The molecular formula is C13H12FN3O3S. The van der Waals surface area contributed by atoms with Crippen molar-refractivity contribution in [1.82, 2.24) is 5.32 Å². The van der Waals surface area contributed by atoms with Crippen molar-refractivity contribution in [2.75, 3.05) is 0 Å². The van der Waals surface area contributed by atoms with Gasteiger partial charge in [0, 0.05) is 0 Å². The number of nitrogens with zero attached hydrogens (tertiary/aromatic N) is 2. The highest BCUT2D eigenvalue weighted by molar-refractivity contribution is 8.15. The van der Waals surface area contributed by atoms with Gasteiger partial charge in [0.1, 0.15) is 11.1 Å². The number of carbonyl (C=O) groups excluding carboxylic acids is 1. The molecule has 0 aromatic heterocycles. The normalized spacial score (nSPS) is 20.2. The molecule has 0 bridgehead atoms. The Morgan fingerprint density at radius 2 is 2.33 bits per heavy atom. The summed E-state index contributed by atoms with van der Waals surface area (Å²) < 4.78 is 13.3. The fourth-order valence-electron chi connectivity index (χ4n) is 1.58. The molecule has 1 aliphatic rings. The first kappa shape index (κ1) is 15.2. The lowest BCUT2D eigenvalue weighted by Crippen LogP contribution is -2.26. The minimum atomic E-state index is -1.05. The van der Waals surface area contributed by atoms with E-state index in [1.165, 1.54) is 12.3 Å². The van der Waals surface area contributed by atoms with Crippen LogP contribution in [0.5, 0.6) is 0 Å². The van der Waals surface area contributed by atoms with Crippen molar-refractivity contribution in [2.24, 2.45) is 10.2 Å². The molecule has 6 nitrogen and oxygen atoms in total.